The molecule has 11 heteroatoms. The van der Waals surface area contributed by atoms with E-state index in [1.807, 2.05) is 0 Å². The summed E-state index contributed by atoms with van der Waals surface area (Å²) in [6, 6.07) is 11.0. The van der Waals surface area contributed by atoms with Gasteiger partial charge in [0, 0.05) is 18.3 Å². The van der Waals surface area contributed by atoms with E-state index in [0.717, 1.165) is 37.8 Å². The van der Waals surface area contributed by atoms with Crippen LogP contribution in [0.15, 0.2) is 48.5 Å². The molecule has 4 nitrogen and oxygen atoms in total. The molecule has 0 heterocycles. The maximum absolute atomic E-state index is 13.3. The highest BCUT2D eigenvalue weighted by molar-refractivity contribution is 5.51. The minimum atomic E-state index is -4.89. The van der Waals surface area contributed by atoms with Crippen molar-refractivity contribution in [1.29, 1.82) is 0 Å². The summed E-state index contributed by atoms with van der Waals surface area (Å²) in [5, 5.41) is 9.65. The topological polar surface area (TPSA) is 41.9 Å². The molecule has 0 saturated carbocycles. The number of anilines is 1. The smallest absolute Gasteiger partial charge is 0.461 e. The quantitative estimate of drug-likeness (QED) is 0.224. The summed E-state index contributed by atoms with van der Waals surface area (Å²) in [4.78, 5) is 1.19. The van der Waals surface area contributed by atoms with Gasteiger partial charge in [0.15, 0.2) is 6.10 Å². The van der Waals surface area contributed by atoms with Crippen LogP contribution < -0.4 is 14.4 Å². The maximum atomic E-state index is 13.3. The number of hydrogen-bond donors (Lipinski definition) is 1. The van der Waals surface area contributed by atoms with Gasteiger partial charge in [0.25, 0.3) is 0 Å². The number of rotatable bonds is 14. The van der Waals surface area contributed by atoms with E-state index in [1.165, 1.54) is 29.2 Å². The minimum Gasteiger partial charge on any atom is -0.494 e. The molecule has 2 rings (SSSR count). The van der Waals surface area contributed by atoms with Crippen LogP contribution >= 0.6 is 0 Å². The number of ether oxygens (including phenoxy) is 2. The molecular weight excluding hydrogens is 483 g/mol. The Morgan fingerprint density at radius 2 is 1.60 bits per heavy atom. The maximum Gasteiger partial charge on any atom is 0.461 e. The van der Waals surface area contributed by atoms with E-state index < -0.39 is 37.1 Å². The van der Waals surface area contributed by atoms with Gasteiger partial charge in [-0.3, -0.25) is 0 Å². The highest BCUT2D eigenvalue weighted by Crippen LogP contribution is 2.30. The van der Waals surface area contributed by atoms with E-state index in [9.17, 15) is 35.8 Å². The van der Waals surface area contributed by atoms with Gasteiger partial charge in [0.05, 0.1) is 13.2 Å². The summed E-state index contributed by atoms with van der Waals surface area (Å²) in [6.07, 6.45) is -12.5. The van der Waals surface area contributed by atoms with Crippen molar-refractivity contribution in [2.24, 2.45) is 0 Å². The standard InChI is InChI=1S/C24H28F7NO3/c1-2-3-4-5-12-34-19-10-7-9-18(14-19)32(16-21(33)23(27,28)29)15-17-8-6-11-20(13-17)35-24(30,31)22(25)26/h6-11,13-14,21-22,33H,2-5,12,15-16H2,1H3/t21-/m1/s1. The monoisotopic (exact) mass is 511 g/mol. The number of unbranched alkanes of at least 4 members (excludes halogenated alkanes) is 3. The van der Waals surface area contributed by atoms with Gasteiger partial charge in [-0.1, -0.05) is 44.4 Å². The average molecular weight is 511 g/mol. The first kappa shape index (κ1) is 28.5. The summed E-state index contributed by atoms with van der Waals surface area (Å²) < 4.78 is 100. The molecule has 0 fully saturated rings. The van der Waals surface area contributed by atoms with Crippen LogP contribution in [0.1, 0.15) is 38.2 Å². The van der Waals surface area contributed by atoms with Gasteiger partial charge in [-0.25, -0.2) is 0 Å². The Balaban J connectivity index is 2.23. The van der Waals surface area contributed by atoms with Crippen molar-refractivity contribution in [3.8, 4) is 11.5 Å². The SMILES string of the molecule is CCCCCCOc1cccc(N(Cc2cccc(OC(F)(F)C(F)F)c2)C[C@@H](O)C(F)(F)F)c1. The minimum absolute atomic E-state index is 0.202. The molecule has 0 saturated heterocycles. The van der Waals surface area contributed by atoms with Gasteiger partial charge in [0.1, 0.15) is 11.5 Å². The van der Waals surface area contributed by atoms with Gasteiger partial charge in [-0.05, 0) is 36.2 Å². The third-order valence-electron chi connectivity index (χ3n) is 5.00. The van der Waals surface area contributed by atoms with Crippen molar-refractivity contribution in [1.82, 2.24) is 0 Å². The zero-order valence-electron chi connectivity index (χ0n) is 19.1. The van der Waals surface area contributed by atoms with Crippen molar-refractivity contribution >= 4 is 5.69 Å². The molecule has 2 aromatic carbocycles. The van der Waals surface area contributed by atoms with Crippen molar-refractivity contribution in [2.45, 2.75) is 64.0 Å². The number of nitrogens with zero attached hydrogens (tertiary/aromatic N) is 1. The van der Waals surface area contributed by atoms with E-state index >= 15 is 0 Å². The lowest BCUT2D eigenvalue weighted by Gasteiger charge is -2.29. The second-order valence-electron chi connectivity index (χ2n) is 7.96. The molecule has 196 valence electrons. The average Bonchev–Trinajstić information content (AvgIpc) is 2.78. The van der Waals surface area contributed by atoms with E-state index in [4.69, 9.17) is 4.74 Å². The molecular formula is C24H28F7NO3. The summed E-state index contributed by atoms with van der Waals surface area (Å²) in [7, 11) is 0. The Morgan fingerprint density at radius 3 is 2.26 bits per heavy atom. The molecule has 0 bridgehead atoms. The van der Waals surface area contributed by atoms with Crippen molar-refractivity contribution in [3.63, 3.8) is 0 Å². The van der Waals surface area contributed by atoms with Crippen LogP contribution in [0.25, 0.3) is 0 Å². The summed E-state index contributed by atoms with van der Waals surface area (Å²) in [5.74, 6) is -0.160. The van der Waals surface area contributed by atoms with E-state index in [1.54, 1.807) is 12.1 Å². The fraction of sp³-hybridized carbons (Fsp3) is 0.500. The molecule has 0 aliphatic carbocycles. The second kappa shape index (κ2) is 12.9. The predicted octanol–water partition coefficient (Wildman–Crippen LogP) is 6.81. The Bertz CT molecular complexity index is 909. The van der Waals surface area contributed by atoms with Crippen molar-refractivity contribution in [3.05, 3.63) is 54.1 Å². The van der Waals surface area contributed by atoms with E-state index in [0.29, 0.717) is 12.4 Å². The van der Waals surface area contributed by atoms with Gasteiger partial charge in [0.2, 0.25) is 0 Å². The molecule has 0 unspecified atom stereocenters. The molecule has 1 atom stereocenters. The third-order valence-corrected chi connectivity index (χ3v) is 5.00. The van der Waals surface area contributed by atoms with Gasteiger partial charge < -0.3 is 19.5 Å². The van der Waals surface area contributed by atoms with Crippen LogP contribution in [-0.2, 0) is 6.54 Å². The Hall–Kier alpha value is -2.69. The van der Waals surface area contributed by atoms with Crippen LogP contribution in [0.4, 0.5) is 36.4 Å². The predicted molar refractivity (Wildman–Crippen MR) is 117 cm³/mol. The zero-order chi connectivity index (χ0) is 26.1. The number of alkyl halides is 7. The van der Waals surface area contributed by atoms with Crippen molar-refractivity contribution < 1.29 is 45.3 Å². The van der Waals surface area contributed by atoms with Crippen LogP contribution in [-0.4, -0.2) is 43.1 Å². The molecule has 2 aromatic rings. The molecule has 0 aromatic heterocycles. The normalized spacial score (nSPS) is 13.1. The van der Waals surface area contributed by atoms with Crippen LogP contribution in [0.5, 0.6) is 11.5 Å². The fourth-order valence-electron chi connectivity index (χ4n) is 3.19. The lowest BCUT2D eigenvalue weighted by Crippen LogP contribution is -2.40. The lowest BCUT2D eigenvalue weighted by molar-refractivity contribution is -0.253. The first-order valence-corrected chi connectivity index (χ1v) is 11.1. The van der Waals surface area contributed by atoms with Gasteiger partial charge in [-0.15, -0.1) is 0 Å². The number of hydrogen-bond acceptors (Lipinski definition) is 4. The number of aliphatic hydroxyl groups is 1. The molecule has 0 radical (unpaired) electrons. The highest BCUT2D eigenvalue weighted by Gasteiger charge is 2.44. The number of halogens is 7. The summed E-state index contributed by atoms with van der Waals surface area (Å²) >= 11 is 0. The lowest BCUT2D eigenvalue weighted by atomic mass is 10.1. The summed E-state index contributed by atoms with van der Waals surface area (Å²) in [6.45, 7) is 1.37. The highest BCUT2D eigenvalue weighted by atomic mass is 19.4. The van der Waals surface area contributed by atoms with Crippen molar-refractivity contribution in [2.75, 3.05) is 18.1 Å². The number of benzene rings is 2. The fourth-order valence-corrected chi connectivity index (χ4v) is 3.19. The van der Waals surface area contributed by atoms with Crippen LogP contribution in [0.3, 0.4) is 0 Å². The van der Waals surface area contributed by atoms with E-state index in [2.05, 4.69) is 11.7 Å². The second-order valence-corrected chi connectivity index (χ2v) is 7.96. The summed E-state index contributed by atoms with van der Waals surface area (Å²) in [5.41, 5.74) is 0.483. The van der Waals surface area contributed by atoms with E-state index in [-0.39, 0.29) is 17.8 Å². The molecule has 0 spiro atoms. The molecule has 0 aliphatic heterocycles. The Labute approximate surface area is 199 Å². The zero-order valence-corrected chi connectivity index (χ0v) is 19.1. The Kier molecular flexibility index (Phi) is 10.5. The molecule has 0 aliphatic rings. The van der Waals surface area contributed by atoms with Crippen LogP contribution in [0.2, 0.25) is 0 Å². The number of aliphatic hydroxyl groups excluding tert-OH is 1. The molecule has 1 N–H and O–H groups in total. The van der Waals surface area contributed by atoms with Gasteiger partial charge >= 0.3 is 18.7 Å². The third kappa shape index (κ3) is 9.46. The first-order chi connectivity index (χ1) is 16.4. The molecule has 35 heavy (non-hydrogen) atoms. The largest absolute Gasteiger partial charge is 0.494 e. The first-order valence-electron chi connectivity index (χ1n) is 11.1. The van der Waals surface area contributed by atoms with Crippen LogP contribution in [0, 0.1) is 0 Å². The Morgan fingerprint density at radius 1 is 0.914 bits per heavy atom. The van der Waals surface area contributed by atoms with Gasteiger partial charge in [-0.2, -0.15) is 30.7 Å². The molecule has 0 amide bonds.